The summed E-state index contributed by atoms with van der Waals surface area (Å²) in [5, 5.41) is 0.932. The van der Waals surface area contributed by atoms with Crippen molar-refractivity contribution in [1.82, 2.24) is 0 Å². The fraction of sp³-hybridized carbons (Fsp3) is 0.400. The SMILES string of the molecule is CC1(c2ccc(I)cc2Cl)CC1. The highest BCUT2D eigenvalue weighted by molar-refractivity contribution is 14.1. The molecule has 2 heteroatoms. The third kappa shape index (κ3) is 1.49. The van der Waals surface area contributed by atoms with E-state index in [4.69, 9.17) is 11.6 Å². The first-order chi connectivity index (χ1) is 5.62. The first-order valence-electron chi connectivity index (χ1n) is 4.07. The van der Waals surface area contributed by atoms with E-state index in [0.717, 1.165) is 5.02 Å². The van der Waals surface area contributed by atoms with Crippen molar-refractivity contribution in [3.8, 4) is 0 Å². The van der Waals surface area contributed by atoms with E-state index in [9.17, 15) is 0 Å². The molecule has 1 aliphatic rings. The lowest BCUT2D eigenvalue weighted by molar-refractivity contribution is 0.788. The molecule has 0 heterocycles. The highest BCUT2D eigenvalue weighted by atomic mass is 127. The maximum atomic E-state index is 6.15. The first-order valence-corrected chi connectivity index (χ1v) is 5.53. The maximum Gasteiger partial charge on any atom is 0.0454 e. The van der Waals surface area contributed by atoms with Crippen molar-refractivity contribution < 1.29 is 0 Å². The van der Waals surface area contributed by atoms with E-state index < -0.39 is 0 Å². The molecule has 1 aliphatic carbocycles. The van der Waals surface area contributed by atoms with Gasteiger partial charge in [-0.1, -0.05) is 24.6 Å². The maximum absolute atomic E-state index is 6.15. The minimum atomic E-state index is 0.390. The van der Waals surface area contributed by atoms with Gasteiger partial charge in [-0.15, -0.1) is 0 Å². The van der Waals surface area contributed by atoms with Crippen molar-refractivity contribution in [3.05, 3.63) is 32.4 Å². The summed E-state index contributed by atoms with van der Waals surface area (Å²) in [7, 11) is 0. The summed E-state index contributed by atoms with van der Waals surface area (Å²) in [5.74, 6) is 0. The van der Waals surface area contributed by atoms with Gasteiger partial charge in [0.05, 0.1) is 0 Å². The normalized spacial score (nSPS) is 19.2. The molecular formula is C10H10ClI. The van der Waals surface area contributed by atoms with Gasteiger partial charge in [0.15, 0.2) is 0 Å². The predicted octanol–water partition coefficient (Wildman–Crippen LogP) is 4.00. The second-order valence-corrected chi connectivity index (χ2v) is 5.34. The summed E-state index contributed by atoms with van der Waals surface area (Å²) in [6, 6.07) is 6.34. The number of hydrogen-bond donors (Lipinski definition) is 0. The van der Waals surface area contributed by atoms with E-state index >= 15 is 0 Å². The van der Waals surface area contributed by atoms with Crippen molar-refractivity contribution in [1.29, 1.82) is 0 Å². The highest BCUT2D eigenvalue weighted by Crippen LogP contribution is 2.49. The molecule has 12 heavy (non-hydrogen) atoms. The summed E-state index contributed by atoms with van der Waals surface area (Å²) in [4.78, 5) is 0. The molecule has 0 aromatic heterocycles. The van der Waals surface area contributed by atoms with Crippen LogP contribution in [0.15, 0.2) is 18.2 Å². The second kappa shape index (κ2) is 2.88. The molecule has 0 nitrogen and oxygen atoms in total. The van der Waals surface area contributed by atoms with E-state index in [1.54, 1.807) is 0 Å². The van der Waals surface area contributed by atoms with Crippen molar-refractivity contribution in [2.75, 3.05) is 0 Å². The zero-order valence-electron chi connectivity index (χ0n) is 6.90. The third-order valence-corrected chi connectivity index (χ3v) is 3.57. The van der Waals surface area contributed by atoms with Gasteiger partial charge in [-0.25, -0.2) is 0 Å². The van der Waals surface area contributed by atoms with Crippen LogP contribution >= 0.6 is 34.2 Å². The monoisotopic (exact) mass is 292 g/mol. The molecule has 1 fully saturated rings. The standard InChI is InChI=1S/C10H10ClI/c1-10(4-5-10)8-3-2-7(12)6-9(8)11/h2-3,6H,4-5H2,1H3. The van der Waals surface area contributed by atoms with Gasteiger partial charge in [-0.2, -0.15) is 0 Å². The number of hydrogen-bond acceptors (Lipinski definition) is 0. The smallest absolute Gasteiger partial charge is 0.0454 e. The van der Waals surface area contributed by atoms with Crippen LogP contribution in [0.2, 0.25) is 5.02 Å². The van der Waals surface area contributed by atoms with E-state index in [2.05, 4.69) is 41.6 Å². The first kappa shape index (κ1) is 8.82. The van der Waals surface area contributed by atoms with Crippen LogP contribution in [-0.2, 0) is 5.41 Å². The average Bonchev–Trinajstić information content (AvgIpc) is 2.68. The Balaban J connectivity index is 2.45. The van der Waals surface area contributed by atoms with Crippen LogP contribution in [0.5, 0.6) is 0 Å². The summed E-state index contributed by atoms with van der Waals surface area (Å²) in [5.41, 5.74) is 1.71. The molecule has 0 amide bonds. The Morgan fingerprint density at radius 2 is 2.08 bits per heavy atom. The molecule has 0 saturated heterocycles. The Bertz CT molecular complexity index is 316. The van der Waals surface area contributed by atoms with E-state index in [-0.39, 0.29) is 0 Å². The molecule has 64 valence electrons. The minimum Gasteiger partial charge on any atom is -0.0840 e. The Morgan fingerprint density at radius 1 is 1.42 bits per heavy atom. The summed E-state index contributed by atoms with van der Waals surface area (Å²) in [6.45, 7) is 2.28. The van der Waals surface area contributed by atoms with Gasteiger partial charge in [0.1, 0.15) is 0 Å². The van der Waals surface area contributed by atoms with Crippen molar-refractivity contribution in [3.63, 3.8) is 0 Å². The van der Waals surface area contributed by atoms with Gasteiger partial charge in [0.25, 0.3) is 0 Å². The van der Waals surface area contributed by atoms with Crippen LogP contribution in [0.3, 0.4) is 0 Å². The van der Waals surface area contributed by atoms with Gasteiger partial charge in [-0.05, 0) is 58.5 Å². The quantitative estimate of drug-likeness (QED) is 0.686. The molecule has 1 aromatic carbocycles. The van der Waals surface area contributed by atoms with E-state index in [1.807, 2.05) is 6.07 Å². The molecule has 0 N–H and O–H groups in total. The Kier molecular flexibility index (Phi) is 2.11. The largest absolute Gasteiger partial charge is 0.0840 e. The number of halogens is 2. The van der Waals surface area contributed by atoms with Crippen LogP contribution < -0.4 is 0 Å². The molecule has 0 bridgehead atoms. The van der Waals surface area contributed by atoms with Crippen LogP contribution in [0.4, 0.5) is 0 Å². The van der Waals surface area contributed by atoms with Gasteiger partial charge in [-0.3, -0.25) is 0 Å². The molecule has 0 spiro atoms. The van der Waals surface area contributed by atoms with Crippen molar-refractivity contribution >= 4 is 34.2 Å². The molecule has 1 aromatic rings. The Morgan fingerprint density at radius 3 is 2.58 bits per heavy atom. The van der Waals surface area contributed by atoms with Gasteiger partial charge >= 0.3 is 0 Å². The Labute approximate surface area is 91.5 Å². The van der Waals surface area contributed by atoms with Crippen LogP contribution in [0.25, 0.3) is 0 Å². The van der Waals surface area contributed by atoms with Crippen LogP contribution in [0.1, 0.15) is 25.3 Å². The zero-order chi connectivity index (χ0) is 8.77. The summed E-state index contributed by atoms with van der Waals surface area (Å²) >= 11 is 8.44. The predicted molar refractivity (Wildman–Crippen MR) is 60.8 cm³/mol. The van der Waals surface area contributed by atoms with Crippen LogP contribution in [-0.4, -0.2) is 0 Å². The molecule has 0 aliphatic heterocycles. The summed E-state index contributed by atoms with van der Waals surface area (Å²) in [6.07, 6.45) is 2.57. The fourth-order valence-electron chi connectivity index (χ4n) is 1.44. The second-order valence-electron chi connectivity index (χ2n) is 3.68. The summed E-state index contributed by atoms with van der Waals surface area (Å²) < 4.78 is 1.21. The van der Waals surface area contributed by atoms with Crippen LogP contribution in [0, 0.1) is 3.57 Å². The van der Waals surface area contributed by atoms with Crippen molar-refractivity contribution in [2.45, 2.75) is 25.2 Å². The molecular weight excluding hydrogens is 282 g/mol. The van der Waals surface area contributed by atoms with Gasteiger partial charge in [0.2, 0.25) is 0 Å². The van der Waals surface area contributed by atoms with Gasteiger partial charge < -0.3 is 0 Å². The molecule has 0 radical (unpaired) electrons. The lowest BCUT2D eigenvalue weighted by Gasteiger charge is -2.10. The molecule has 0 atom stereocenters. The van der Waals surface area contributed by atoms with E-state index in [1.165, 1.54) is 22.0 Å². The fourth-order valence-corrected chi connectivity index (χ4v) is 2.52. The molecule has 2 rings (SSSR count). The molecule has 0 unspecified atom stereocenters. The third-order valence-electron chi connectivity index (χ3n) is 2.58. The highest BCUT2D eigenvalue weighted by Gasteiger charge is 2.40. The minimum absolute atomic E-state index is 0.390. The topological polar surface area (TPSA) is 0 Å². The average molecular weight is 293 g/mol. The Hall–Kier alpha value is 0.240. The molecule has 1 saturated carbocycles. The lowest BCUT2D eigenvalue weighted by atomic mass is 9.99. The number of benzene rings is 1. The number of rotatable bonds is 1. The lowest BCUT2D eigenvalue weighted by Crippen LogP contribution is -2.00. The van der Waals surface area contributed by atoms with Crippen molar-refractivity contribution in [2.24, 2.45) is 0 Å². The zero-order valence-corrected chi connectivity index (χ0v) is 9.82. The van der Waals surface area contributed by atoms with Gasteiger partial charge in [0, 0.05) is 8.59 Å². The van der Waals surface area contributed by atoms with E-state index in [0.29, 0.717) is 5.41 Å².